The smallest absolute Gasteiger partial charge is 0.208 e. The van der Waals surface area contributed by atoms with Crippen molar-refractivity contribution in [2.75, 3.05) is 38.9 Å². The van der Waals surface area contributed by atoms with E-state index in [2.05, 4.69) is 27.6 Å². The van der Waals surface area contributed by atoms with E-state index in [1.807, 2.05) is 38.2 Å². The van der Waals surface area contributed by atoms with Gasteiger partial charge in [-0.2, -0.15) is 0 Å². The van der Waals surface area contributed by atoms with Crippen LogP contribution in [0, 0.1) is 0 Å². The van der Waals surface area contributed by atoms with Crippen LogP contribution in [0.25, 0.3) is 0 Å². The lowest BCUT2D eigenvalue weighted by molar-refractivity contribution is 0.414. The summed E-state index contributed by atoms with van der Waals surface area (Å²) < 4.78 is 6.18. The quantitative estimate of drug-likeness (QED) is 0.790. The highest BCUT2D eigenvalue weighted by Gasteiger charge is 2.12. The molecule has 1 aromatic carbocycles. The zero-order valence-electron chi connectivity index (χ0n) is 12.7. The summed E-state index contributed by atoms with van der Waals surface area (Å²) in [6.45, 7) is 0. The molecular weight excluding hydrogens is 304 g/mol. The summed E-state index contributed by atoms with van der Waals surface area (Å²) in [4.78, 5) is 1.97. The Labute approximate surface area is 133 Å². The molecule has 0 spiro atoms. The van der Waals surface area contributed by atoms with Crippen molar-refractivity contribution >= 4 is 28.2 Å². The molecule has 0 amide bonds. The molecule has 0 bridgehead atoms. The molecule has 0 aliphatic carbocycles. The van der Waals surface area contributed by atoms with Gasteiger partial charge in [0.1, 0.15) is 5.75 Å². The largest absolute Gasteiger partial charge is 0.497 e. The number of hydrogen-bond donors (Lipinski definition) is 1. The molecule has 5 nitrogen and oxygen atoms in total. The molecule has 1 heterocycles. The van der Waals surface area contributed by atoms with E-state index in [4.69, 9.17) is 4.74 Å². The van der Waals surface area contributed by atoms with Crippen molar-refractivity contribution in [3.8, 4) is 5.75 Å². The maximum atomic E-state index is 5.19. The van der Waals surface area contributed by atoms with Crippen molar-refractivity contribution in [2.45, 2.75) is 10.4 Å². The molecule has 2 aromatic rings. The van der Waals surface area contributed by atoms with E-state index in [0.29, 0.717) is 0 Å². The molecule has 0 aliphatic heterocycles. The highest BCUT2D eigenvalue weighted by atomic mass is 32.2. The van der Waals surface area contributed by atoms with Crippen LogP contribution >= 0.6 is 23.1 Å². The summed E-state index contributed by atoms with van der Waals surface area (Å²) in [6, 6.07) is 8.42. The van der Waals surface area contributed by atoms with Crippen molar-refractivity contribution in [3.63, 3.8) is 0 Å². The summed E-state index contributed by atoms with van der Waals surface area (Å²) >= 11 is 3.33. The van der Waals surface area contributed by atoms with Crippen molar-refractivity contribution in [1.82, 2.24) is 15.5 Å². The van der Waals surface area contributed by atoms with Crippen LogP contribution < -0.4 is 15.0 Å². The number of nitrogens with zero attached hydrogens (tertiary/aromatic N) is 3. The van der Waals surface area contributed by atoms with Crippen LogP contribution in [0.4, 0.5) is 5.13 Å². The third-order valence-corrected chi connectivity index (χ3v) is 5.34. The topological polar surface area (TPSA) is 50.3 Å². The summed E-state index contributed by atoms with van der Waals surface area (Å²) in [5, 5.41) is 12.6. The lowest BCUT2D eigenvalue weighted by Crippen LogP contribution is -2.18. The summed E-state index contributed by atoms with van der Waals surface area (Å²) in [5.41, 5.74) is 1.24. The Hall–Kier alpha value is -1.31. The molecule has 1 atom stereocenters. The monoisotopic (exact) mass is 324 g/mol. The first-order chi connectivity index (χ1) is 10.1. The van der Waals surface area contributed by atoms with Gasteiger partial charge in [-0.05, 0) is 24.7 Å². The lowest BCUT2D eigenvalue weighted by atomic mass is 10.1. The number of ether oxygens (including phenoxy) is 1. The van der Waals surface area contributed by atoms with Crippen LogP contribution in [0.1, 0.15) is 11.6 Å². The maximum Gasteiger partial charge on any atom is 0.208 e. The number of rotatable bonds is 7. The van der Waals surface area contributed by atoms with E-state index in [0.717, 1.165) is 21.0 Å². The number of anilines is 1. The van der Waals surface area contributed by atoms with Crippen LogP contribution in [0.2, 0.25) is 0 Å². The molecule has 0 saturated heterocycles. The normalized spacial score (nSPS) is 12.2. The molecule has 1 unspecified atom stereocenters. The minimum Gasteiger partial charge on any atom is -0.497 e. The Morgan fingerprint density at radius 1 is 1.29 bits per heavy atom. The highest BCUT2D eigenvalue weighted by molar-refractivity contribution is 8.01. The standard InChI is InChI=1S/C14H20N4OS2/c1-15-12(10-5-7-11(19-4)8-6-10)9-20-14-17-16-13(21-14)18(2)3/h5-8,12,15H,9H2,1-4H3. The third-order valence-electron chi connectivity index (χ3n) is 3.02. The van der Waals surface area contributed by atoms with Crippen LogP contribution in [0.15, 0.2) is 28.6 Å². The predicted molar refractivity (Wildman–Crippen MR) is 89.8 cm³/mol. The molecule has 0 aliphatic rings. The van der Waals surface area contributed by atoms with Gasteiger partial charge >= 0.3 is 0 Å². The van der Waals surface area contributed by atoms with Gasteiger partial charge in [0.2, 0.25) is 5.13 Å². The van der Waals surface area contributed by atoms with Crippen molar-refractivity contribution in [1.29, 1.82) is 0 Å². The van der Waals surface area contributed by atoms with E-state index < -0.39 is 0 Å². The first-order valence-electron chi connectivity index (χ1n) is 6.59. The highest BCUT2D eigenvalue weighted by Crippen LogP contribution is 2.30. The Morgan fingerprint density at radius 2 is 2.00 bits per heavy atom. The lowest BCUT2D eigenvalue weighted by Gasteiger charge is -2.15. The van der Waals surface area contributed by atoms with Gasteiger partial charge < -0.3 is 15.0 Å². The zero-order valence-corrected chi connectivity index (χ0v) is 14.3. The molecule has 114 valence electrons. The minimum atomic E-state index is 0.271. The van der Waals surface area contributed by atoms with Gasteiger partial charge in [0, 0.05) is 25.9 Å². The molecule has 0 fully saturated rings. The van der Waals surface area contributed by atoms with Gasteiger partial charge in [0.15, 0.2) is 4.34 Å². The first-order valence-corrected chi connectivity index (χ1v) is 8.39. The second-order valence-corrected chi connectivity index (χ2v) is 6.89. The fourth-order valence-corrected chi connectivity index (χ4v) is 3.71. The van der Waals surface area contributed by atoms with E-state index >= 15 is 0 Å². The van der Waals surface area contributed by atoms with Gasteiger partial charge in [-0.25, -0.2) is 0 Å². The molecule has 7 heteroatoms. The average molecular weight is 324 g/mol. The predicted octanol–water partition coefficient (Wildman–Crippen LogP) is 2.67. The van der Waals surface area contributed by atoms with Gasteiger partial charge in [-0.3, -0.25) is 0 Å². The van der Waals surface area contributed by atoms with Crippen LogP contribution in [0.3, 0.4) is 0 Å². The van der Waals surface area contributed by atoms with Gasteiger partial charge in [-0.15, -0.1) is 10.2 Å². The Morgan fingerprint density at radius 3 is 2.52 bits per heavy atom. The molecule has 2 rings (SSSR count). The van der Waals surface area contributed by atoms with Crippen molar-refractivity contribution < 1.29 is 4.74 Å². The Balaban J connectivity index is 1.97. The van der Waals surface area contributed by atoms with Gasteiger partial charge in [0.25, 0.3) is 0 Å². The van der Waals surface area contributed by atoms with E-state index in [9.17, 15) is 0 Å². The average Bonchev–Trinajstić information content (AvgIpc) is 2.98. The van der Waals surface area contributed by atoms with Crippen LogP contribution in [-0.2, 0) is 0 Å². The Bertz CT molecular complexity index is 556. The molecule has 0 saturated carbocycles. The number of nitrogens with one attached hydrogen (secondary N) is 1. The fraction of sp³-hybridized carbons (Fsp3) is 0.429. The number of aromatic nitrogens is 2. The van der Waals surface area contributed by atoms with E-state index in [-0.39, 0.29) is 6.04 Å². The second kappa shape index (κ2) is 7.63. The Kier molecular flexibility index (Phi) is 5.84. The number of hydrogen-bond acceptors (Lipinski definition) is 7. The zero-order chi connectivity index (χ0) is 15.2. The fourth-order valence-electron chi connectivity index (χ4n) is 1.78. The number of methoxy groups -OCH3 is 1. The summed E-state index contributed by atoms with van der Waals surface area (Å²) in [6.07, 6.45) is 0. The van der Waals surface area contributed by atoms with Gasteiger partial charge in [0.05, 0.1) is 7.11 Å². The number of benzene rings is 1. The van der Waals surface area contributed by atoms with Crippen molar-refractivity contribution in [3.05, 3.63) is 29.8 Å². The molecular formula is C14H20N4OS2. The third kappa shape index (κ3) is 4.33. The van der Waals surface area contributed by atoms with Crippen LogP contribution in [-0.4, -0.2) is 44.2 Å². The first kappa shape index (κ1) is 16.1. The minimum absolute atomic E-state index is 0.271. The molecule has 21 heavy (non-hydrogen) atoms. The maximum absolute atomic E-state index is 5.19. The SMILES string of the molecule is CNC(CSc1nnc(N(C)C)s1)c1ccc(OC)cc1. The van der Waals surface area contributed by atoms with E-state index in [1.165, 1.54) is 5.56 Å². The van der Waals surface area contributed by atoms with Gasteiger partial charge in [-0.1, -0.05) is 35.2 Å². The summed E-state index contributed by atoms with van der Waals surface area (Å²) in [5.74, 6) is 1.78. The molecule has 0 radical (unpaired) electrons. The van der Waals surface area contributed by atoms with E-state index in [1.54, 1.807) is 30.2 Å². The van der Waals surface area contributed by atoms with Crippen molar-refractivity contribution in [2.24, 2.45) is 0 Å². The number of thioether (sulfide) groups is 1. The summed E-state index contributed by atoms with van der Waals surface area (Å²) in [7, 11) is 7.60. The molecule has 1 aromatic heterocycles. The second-order valence-electron chi connectivity index (χ2n) is 4.67. The molecule has 1 N–H and O–H groups in total. The van der Waals surface area contributed by atoms with Crippen LogP contribution in [0.5, 0.6) is 5.75 Å².